The van der Waals surface area contributed by atoms with Gasteiger partial charge in [-0.05, 0) is 49.4 Å². The van der Waals surface area contributed by atoms with Gasteiger partial charge in [0.1, 0.15) is 23.5 Å². The predicted molar refractivity (Wildman–Crippen MR) is 136 cm³/mol. The zero-order valence-electron chi connectivity index (χ0n) is 20.4. The second-order valence-electron chi connectivity index (χ2n) is 10.0. The Morgan fingerprint density at radius 3 is 2.69 bits per heavy atom. The number of fused-ring (bicyclic) bond motifs is 2. The van der Waals surface area contributed by atoms with Crippen molar-refractivity contribution >= 4 is 33.3 Å². The normalized spacial score (nSPS) is 19.0. The molecule has 2 aromatic heterocycles. The van der Waals surface area contributed by atoms with Crippen molar-refractivity contribution in [1.29, 1.82) is 0 Å². The molecule has 5 heterocycles. The highest BCUT2D eigenvalue weighted by Gasteiger charge is 2.29. The SMILES string of the molecule is Cc1c(C(=O)N2CC[NH+](Cc3ccc4c(c3)OCO4)CC2)sc2ncnc(N3CCC(C)CC3)c12. The van der Waals surface area contributed by atoms with Crippen LogP contribution >= 0.6 is 11.3 Å². The first-order valence-corrected chi connectivity index (χ1v) is 13.4. The first kappa shape index (κ1) is 22.5. The van der Waals surface area contributed by atoms with E-state index in [9.17, 15) is 4.79 Å². The molecule has 3 aliphatic rings. The number of carbonyl (C=O) groups is 1. The molecule has 0 unspecified atom stereocenters. The highest BCUT2D eigenvalue weighted by Crippen LogP contribution is 2.37. The number of quaternary nitrogens is 1. The smallest absolute Gasteiger partial charge is 0.264 e. The number of benzene rings is 1. The van der Waals surface area contributed by atoms with Gasteiger partial charge in [-0.15, -0.1) is 11.3 Å². The Bertz CT molecular complexity index is 1250. The number of ether oxygens (including phenoxy) is 2. The molecule has 35 heavy (non-hydrogen) atoms. The minimum atomic E-state index is 0.130. The maximum Gasteiger partial charge on any atom is 0.264 e. The third-order valence-corrected chi connectivity index (χ3v) is 8.82. The van der Waals surface area contributed by atoms with Crippen LogP contribution in [-0.4, -0.2) is 66.8 Å². The van der Waals surface area contributed by atoms with Gasteiger partial charge in [-0.3, -0.25) is 4.79 Å². The summed E-state index contributed by atoms with van der Waals surface area (Å²) in [5.74, 6) is 3.53. The van der Waals surface area contributed by atoms with Gasteiger partial charge in [-0.1, -0.05) is 6.92 Å². The zero-order valence-corrected chi connectivity index (χ0v) is 21.2. The first-order valence-electron chi connectivity index (χ1n) is 12.6. The summed E-state index contributed by atoms with van der Waals surface area (Å²) in [5.41, 5.74) is 2.27. The van der Waals surface area contributed by atoms with Gasteiger partial charge < -0.3 is 24.2 Å². The van der Waals surface area contributed by atoms with Crippen molar-refractivity contribution in [2.45, 2.75) is 33.2 Å². The molecule has 0 radical (unpaired) electrons. The number of piperidine rings is 1. The lowest BCUT2D eigenvalue weighted by molar-refractivity contribution is -0.917. The van der Waals surface area contributed by atoms with E-state index in [1.807, 2.05) is 11.0 Å². The van der Waals surface area contributed by atoms with E-state index in [4.69, 9.17) is 9.47 Å². The van der Waals surface area contributed by atoms with Gasteiger partial charge in [0.2, 0.25) is 6.79 Å². The Kier molecular flexibility index (Phi) is 5.98. The Hall–Kier alpha value is -2.91. The van der Waals surface area contributed by atoms with E-state index in [2.05, 4.69) is 40.8 Å². The van der Waals surface area contributed by atoms with E-state index < -0.39 is 0 Å². The summed E-state index contributed by atoms with van der Waals surface area (Å²) < 4.78 is 10.9. The number of piperazine rings is 1. The summed E-state index contributed by atoms with van der Waals surface area (Å²) >= 11 is 1.52. The van der Waals surface area contributed by atoms with Crippen molar-refractivity contribution < 1.29 is 19.2 Å². The minimum absolute atomic E-state index is 0.130. The third-order valence-electron chi connectivity index (χ3n) is 7.63. The van der Waals surface area contributed by atoms with E-state index in [1.165, 1.54) is 34.6 Å². The fourth-order valence-corrected chi connectivity index (χ4v) is 6.51. The maximum absolute atomic E-state index is 13.5. The molecular formula is C26H32N5O3S+. The molecule has 6 rings (SSSR count). The number of hydrogen-bond acceptors (Lipinski definition) is 7. The van der Waals surface area contributed by atoms with Gasteiger partial charge in [0.25, 0.3) is 5.91 Å². The Balaban J connectivity index is 1.14. The number of hydrogen-bond donors (Lipinski definition) is 1. The number of carbonyl (C=O) groups excluding carboxylic acids is 1. The molecule has 1 aromatic carbocycles. The number of aromatic nitrogens is 2. The predicted octanol–water partition coefficient (Wildman–Crippen LogP) is 2.51. The number of nitrogens with zero attached hydrogens (tertiary/aromatic N) is 4. The van der Waals surface area contributed by atoms with Crippen molar-refractivity contribution in [3.05, 3.63) is 40.5 Å². The molecule has 9 heteroatoms. The van der Waals surface area contributed by atoms with Gasteiger partial charge >= 0.3 is 0 Å². The highest BCUT2D eigenvalue weighted by atomic mass is 32.1. The van der Waals surface area contributed by atoms with Crippen LogP contribution in [0.2, 0.25) is 0 Å². The molecule has 1 N–H and O–H groups in total. The van der Waals surface area contributed by atoms with Crippen LogP contribution in [0.1, 0.15) is 40.6 Å². The molecular weight excluding hydrogens is 462 g/mol. The second kappa shape index (κ2) is 9.28. The minimum Gasteiger partial charge on any atom is -0.454 e. The van der Waals surface area contributed by atoms with Crippen LogP contribution in [0.4, 0.5) is 5.82 Å². The molecule has 2 saturated heterocycles. The lowest BCUT2D eigenvalue weighted by Crippen LogP contribution is -3.13. The fourth-order valence-electron chi connectivity index (χ4n) is 5.40. The van der Waals surface area contributed by atoms with Crippen LogP contribution < -0.4 is 19.3 Å². The van der Waals surface area contributed by atoms with Gasteiger partial charge in [0.05, 0.1) is 36.4 Å². The van der Waals surface area contributed by atoms with Crippen LogP contribution in [0.3, 0.4) is 0 Å². The van der Waals surface area contributed by atoms with Gasteiger partial charge in [-0.25, -0.2) is 9.97 Å². The monoisotopic (exact) mass is 494 g/mol. The van der Waals surface area contributed by atoms with Crippen molar-refractivity contribution in [2.24, 2.45) is 5.92 Å². The summed E-state index contributed by atoms with van der Waals surface area (Å²) in [6.07, 6.45) is 4.01. The number of amides is 1. The average Bonchev–Trinajstić information content (AvgIpc) is 3.48. The summed E-state index contributed by atoms with van der Waals surface area (Å²) in [7, 11) is 0. The summed E-state index contributed by atoms with van der Waals surface area (Å²) in [5, 5.41) is 1.06. The molecule has 0 bridgehead atoms. The number of anilines is 1. The number of rotatable bonds is 4. The van der Waals surface area contributed by atoms with Crippen molar-refractivity contribution in [3.8, 4) is 11.5 Å². The molecule has 0 aliphatic carbocycles. The molecule has 3 aromatic rings. The molecule has 2 fully saturated rings. The molecule has 0 atom stereocenters. The van der Waals surface area contributed by atoms with Crippen molar-refractivity contribution in [1.82, 2.24) is 14.9 Å². The summed E-state index contributed by atoms with van der Waals surface area (Å²) in [6, 6.07) is 6.18. The number of nitrogens with one attached hydrogen (secondary N) is 1. The topological polar surface area (TPSA) is 72.2 Å². The lowest BCUT2D eigenvalue weighted by atomic mass is 9.99. The molecule has 8 nitrogen and oxygen atoms in total. The summed E-state index contributed by atoms with van der Waals surface area (Å²) in [6.45, 7) is 11.0. The summed E-state index contributed by atoms with van der Waals surface area (Å²) in [4.78, 5) is 30.3. The fraction of sp³-hybridized carbons (Fsp3) is 0.500. The van der Waals surface area contributed by atoms with Gasteiger partial charge in [0, 0.05) is 18.7 Å². The van der Waals surface area contributed by atoms with Crippen LogP contribution in [0.15, 0.2) is 24.5 Å². The van der Waals surface area contributed by atoms with E-state index in [-0.39, 0.29) is 5.91 Å². The van der Waals surface area contributed by atoms with E-state index in [1.54, 1.807) is 6.33 Å². The molecule has 184 valence electrons. The maximum atomic E-state index is 13.5. The van der Waals surface area contributed by atoms with Crippen molar-refractivity contribution in [2.75, 3.05) is 51.0 Å². The van der Waals surface area contributed by atoms with E-state index in [0.29, 0.717) is 6.79 Å². The third kappa shape index (κ3) is 4.31. The van der Waals surface area contributed by atoms with Crippen LogP contribution in [0.5, 0.6) is 11.5 Å². The van der Waals surface area contributed by atoms with Gasteiger partial charge in [0.15, 0.2) is 11.5 Å². The second-order valence-corrected chi connectivity index (χ2v) is 11.0. The Labute approximate surface area is 209 Å². The Morgan fingerprint density at radius 1 is 1.11 bits per heavy atom. The molecule has 0 spiro atoms. The first-order chi connectivity index (χ1) is 17.1. The zero-order chi connectivity index (χ0) is 23.9. The quantitative estimate of drug-likeness (QED) is 0.601. The van der Waals surface area contributed by atoms with E-state index >= 15 is 0 Å². The molecule has 1 amide bonds. The van der Waals surface area contributed by atoms with E-state index in [0.717, 1.165) is 89.7 Å². The van der Waals surface area contributed by atoms with Crippen molar-refractivity contribution in [3.63, 3.8) is 0 Å². The number of aryl methyl sites for hydroxylation is 1. The standard InChI is InChI=1S/C26H31N5O3S/c1-17-5-7-30(8-6-17)24-22-18(2)23(35-25(22)28-15-27-24)26(32)31-11-9-29(10-12-31)14-19-3-4-20-21(13-19)34-16-33-20/h3-4,13,15,17H,5-12,14,16H2,1-2H3/p+1. The van der Waals surface area contributed by atoms with Gasteiger partial charge in [-0.2, -0.15) is 0 Å². The number of thiophene rings is 1. The Morgan fingerprint density at radius 2 is 1.89 bits per heavy atom. The average molecular weight is 495 g/mol. The molecule has 3 aliphatic heterocycles. The van der Waals surface area contributed by atoms with Crippen LogP contribution in [0.25, 0.3) is 10.2 Å². The molecule has 0 saturated carbocycles. The van der Waals surface area contributed by atoms with Crippen LogP contribution in [0, 0.1) is 12.8 Å². The highest BCUT2D eigenvalue weighted by molar-refractivity contribution is 7.20. The van der Waals surface area contributed by atoms with Crippen LogP contribution in [-0.2, 0) is 6.54 Å². The largest absolute Gasteiger partial charge is 0.454 e. The lowest BCUT2D eigenvalue weighted by Gasteiger charge is -2.32.